The molecule has 0 N–H and O–H groups in total. The molecule has 0 unspecified atom stereocenters. The zero-order chi connectivity index (χ0) is 23.2. The van der Waals surface area contributed by atoms with E-state index in [1.165, 1.54) is 4.52 Å². The smallest absolute Gasteiger partial charge is 0.266 e. The van der Waals surface area contributed by atoms with Crippen LogP contribution in [0.1, 0.15) is 11.3 Å². The molecule has 0 aliphatic rings. The molecule has 0 aliphatic carbocycles. The monoisotopic (exact) mass is 463 g/mol. The zero-order valence-electron chi connectivity index (χ0n) is 18.0. The van der Waals surface area contributed by atoms with Crippen LogP contribution in [0.2, 0.25) is 0 Å². The van der Waals surface area contributed by atoms with Gasteiger partial charge < -0.3 is 0 Å². The summed E-state index contributed by atoms with van der Waals surface area (Å²) in [4.78, 5) is 29.2. The van der Waals surface area contributed by atoms with Crippen LogP contribution in [0.4, 0.5) is 0 Å². The molecule has 7 nitrogen and oxygen atoms in total. The van der Waals surface area contributed by atoms with Crippen LogP contribution < -0.4 is 15.7 Å². The van der Waals surface area contributed by atoms with Crippen molar-refractivity contribution in [2.24, 2.45) is 0 Å². The molecule has 0 saturated heterocycles. The molecule has 34 heavy (non-hydrogen) atoms. The summed E-state index contributed by atoms with van der Waals surface area (Å²) in [5, 5.41) is 11.2. The van der Waals surface area contributed by atoms with Crippen molar-refractivity contribution >= 4 is 33.1 Å². The Kier molecular flexibility index (Phi) is 4.67. The minimum atomic E-state index is -0.429. The molecule has 3 aromatic heterocycles. The second-order valence-electron chi connectivity index (χ2n) is 7.89. The first-order valence-electron chi connectivity index (χ1n) is 10.6. The first-order chi connectivity index (χ1) is 16.6. The van der Waals surface area contributed by atoms with E-state index < -0.39 is 5.56 Å². The highest BCUT2D eigenvalue weighted by Gasteiger charge is 2.14. The van der Waals surface area contributed by atoms with E-state index in [0.29, 0.717) is 4.53 Å². The fourth-order valence-corrected chi connectivity index (χ4v) is 4.79. The Labute approximate surface area is 196 Å². The van der Waals surface area contributed by atoms with Gasteiger partial charge >= 0.3 is 0 Å². The van der Waals surface area contributed by atoms with Crippen LogP contribution in [-0.2, 0) is 0 Å². The topological polar surface area (TPSA) is 82.2 Å². The SMILES string of the molecule is Cc1nn2c(=O)/c(=C/c3cn(-c4ccccc4)nc3-c3ccc4ccccc4c3)sc2nc1=O. The van der Waals surface area contributed by atoms with Crippen molar-refractivity contribution in [3.63, 3.8) is 0 Å². The van der Waals surface area contributed by atoms with Gasteiger partial charge in [0.25, 0.3) is 11.1 Å². The van der Waals surface area contributed by atoms with Crippen LogP contribution >= 0.6 is 11.3 Å². The predicted octanol–water partition coefficient (Wildman–Crippen LogP) is 3.37. The van der Waals surface area contributed by atoms with E-state index in [1.807, 2.05) is 54.7 Å². The standard InChI is InChI=1S/C26H17N5O2S/c1-16-24(32)27-26-31(28-16)25(33)22(34-26)14-20-15-30(21-9-3-2-4-10-21)29-23(20)19-12-11-17-7-5-6-8-18(17)13-19/h2-15H,1H3/b22-14-. The minimum absolute atomic E-state index is 0.188. The summed E-state index contributed by atoms with van der Waals surface area (Å²) in [6, 6.07) is 24.2. The van der Waals surface area contributed by atoms with Crippen LogP contribution in [0.25, 0.3) is 38.8 Å². The van der Waals surface area contributed by atoms with Crippen LogP contribution in [0.3, 0.4) is 0 Å². The Bertz CT molecular complexity index is 1870. The third-order valence-corrected chi connectivity index (χ3v) is 6.57. The van der Waals surface area contributed by atoms with Crippen molar-refractivity contribution in [2.75, 3.05) is 0 Å². The molecule has 0 atom stereocenters. The molecule has 0 fully saturated rings. The largest absolute Gasteiger partial charge is 0.295 e. The van der Waals surface area contributed by atoms with Crippen molar-refractivity contribution < 1.29 is 0 Å². The van der Waals surface area contributed by atoms with Crippen LogP contribution in [0, 0.1) is 6.92 Å². The maximum Gasteiger partial charge on any atom is 0.295 e. The van der Waals surface area contributed by atoms with Crippen LogP contribution in [-0.4, -0.2) is 24.4 Å². The normalized spacial score (nSPS) is 12.1. The molecule has 164 valence electrons. The van der Waals surface area contributed by atoms with E-state index in [-0.39, 0.29) is 16.2 Å². The van der Waals surface area contributed by atoms with Gasteiger partial charge in [0.2, 0.25) is 4.96 Å². The molecule has 0 aliphatic heterocycles. The van der Waals surface area contributed by atoms with E-state index in [2.05, 4.69) is 34.3 Å². The predicted molar refractivity (Wildman–Crippen MR) is 133 cm³/mol. The summed E-state index contributed by atoms with van der Waals surface area (Å²) in [5.74, 6) is 0. The van der Waals surface area contributed by atoms with Gasteiger partial charge in [0.1, 0.15) is 11.4 Å². The van der Waals surface area contributed by atoms with Gasteiger partial charge in [-0.25, -0.2) is 4.68 Å². The number of para-hydroxylation sites is 1. The lowest BCUT2D eigenvalue weighted by Crippen LogP contribution is -2.27. The molecule has 3 aromatic carbocycles. The number of hydrogen-bond acceptors (Lipinski definition) is 6. The average molecular weight is 464 g/mol. The maximum atomic E-state index is 13.0. The summed E-state index contributed by atoms with van der Waals surface area (Å²) in [7, 11) is 0. The zero-order valence-corrected chi connectivity index (χ0v) is 18.9. The minimum Gasteiger partial charge on any atom is -0.266 e. The number of hydrogen-bond donors (Lipinski definition) is 0. The number of aryl methyl sites for hydroxylation is 1. The van der Waals surface area contributed by atoms with Crippen LogP contribution in [0.5, 0.6) is 0 Å². The molecule has 8 heteroatoms. The van der Waals surface area contributed by atoms with E-state index in [0.717, 1.165) is 44.6 Å². The first kappa shape index (κ1) is 20.2. The van der Waals surface area contributed by atoms with Gasteiger partial charge in [0.05, 0.1) is 10.2 Å². The Hall–Kier alpha value is -4.43. The average Bonchev–Trinajstić information content (AvgIpc) is 3.41. The summed E-state index contributed by atoms with van der Waals surface area (Å²) in [6.45, 7) is 1.55. The fraction of sp³-hybridized carbons (Fsp3) is 0.0385. The van der Waals surface area contributed by atoms with Crippen molar-refractivity contribution in [3.05, 3.63) is 115 Å². The van der Waals surface area contributed by atoms with Crippen molar-refractivity contribution in [2.45, 2.75) is 6.92 Å². The number of benzene rings is 3. The molecule has 0 radical (unpaired) electrons. The van der Waals surface area contributed by atoms with E-state index in [9.17, 15) is 9.59 Å². The Morgan fingerprint density at radius 3 is 2.47 bits per heavy atom. The second kappa shape index (κ2) is 7.86. The van der Waals surface area contributed by atoms with Gasteiger partial charge in [-0.3, -0.25) is 9.59 Å². The highest BCUT2D eigenvalue weighted by molar-refractivity contribution is 7.15. The Morgan fingerprint density at radius 2 is 1.65 bits per heavy atom. The summed E-state index contributed by atoms with van der Waals surface area (Å²) >= 11 is 1.14. The number of thiazole rings is 1. The molecule has 0 spiro atoms. The number of fused-ring (bicyclic) bond motifs is 2. The first-order valence-corrected chi connectivity index (χ1v) is 11.4. The molecule has 6 aromatic rings. The molecule has 3 heterocycles. The molecule has 0 saturated carbocycles. The van der Waals surface area contributed by atoms with E-state index in [1.54, 1.807) is 17.7 Å². The quantitative estimate of drug-likeness (QED) is 0.402. The third-order valence-electron chi connectivity index (χ3n) is 5.62. The Balaban J connectivity index is 1.60. The van der Waals surface area contributed by atoms with Gasteiger partial charge in [-0.2, -0.15) is 19.7 Å². The maximum absolute atomic E-state index is 13.0. The third kappa shape index (κ3) is 3.41. The van der Waals surface area contributed by atoms with E-state index >= 15 is 0 Å². The van der Waals surface area contributed by atoms with Gasteiger partial charge in [-0.1, -0.05) is 65.9 Å². The van der Waals surface area contributed by atoms with Gasteiger partial charge in [0, 0.05) is 17.3 Å². The highest BCUT2D eigenvalue weighted by Crippen LogP contribution is 2.27. The molecule has 0 amide bonds. The number of nitrogens with zero attached hydrogens (tertiary/aromatic N) is 5. The molecular weight excluding hydrogens is 446 g/mol. The van der Waals surface area contributed by atoms with Crippen LogP contribution in [0.15, 0.2) is 88.6 Å². The van der Waals surface area contributed by atoms with Crippen molar-refractivity contribution in [1.29, 1.82) is 0 Å². The summed E-state index contributed by atoms with van der Waals surface area (Å²) in [6.07, 6.45) is 3.69. The van der Waals surface area contributed by atoms with Gasteiger partial charge in [-0.15, -0.1) is 0 Å². The lowest BCUT2D eigenvalue weighted by atomic mass is 10.0. The van der Waals surface area contributed by atoms with E-state index in [4.69, 9.17) is 5.10 Å². The molecule has 0 bridgehead atoms. The summed E-state index contributed by atoms with van der Waals surface area (Å²) in [5.41, 5.74) is 2.82. The van der Waals surface area contributed by atoms with Crippen molar-refractivity contribution in [1.82, 2.24) is 24.4 Å². The number of aromatic nitrogens is 5. The number of rotatable bonds is 3. The van der Waals surface area contributed by atoms with Crippen molar-refractivity contribution in [3.8, 4) is 16.9 Å². The van der Waals surface area contributed by atoms with Gasteiger partial charge in [0.15, 0.2) is 0 Å². The van der Waals surface area contributed by atoms with Gasteiger partial charge in [-0.05, 0) is 42.0 Å². The molecule has 6 rings (SSSR count). The highest BCUT2D eigenvalue weighted by atomic mass is 32.1. The lowest BCUT2D eigenvalue weighted by molar-refractivity contribution is 0.833. The summed E-state index contributed by atoms with van der Waals surface area (Å²) < 4.78 is 3.42. The lowest BCUT2D eigenvalue weighted by Gasteiger charge is -2.03. The molecular formula is C26H17N5O2S. The second-order valence-corrected chi connectivity index (χ2v) is 8.90. The Morgan fingerprint density at radius 1 is 0.882 bits per heavy atom. The fourth-order valence-electron chi connectivity index (χ4n) is 3.89.